The van der Waals surface area contributed by atoms with Crippen LogP contribution in [0.15, 0.2) is 48.8 Å². The number of fused-ring (bicyclic) bond motifs is 2. The number of likely N-dealkylation sites (tertiary alicyclic amines) is 1. The van der Waals surface area contributed by atoms with Crippen LogP contribution in [0.1, 0.15) is 59.7 Å². The third-order valence-corrected chi connectivity index (χ3v) is 8.20. The number of aromatic nitrogens is 1. The summed E-state index contributed by atoms with van der Waals surface area (Å²) >= 11 is 0. The monoisotopic (exact) mass is 471 g/mol. The van der Waals surface area contributed by atoms with Crippen molar-refractivity contribution in [1.29, 1.82) is 0 Å². The number of amides is 1. The lowest BCUT2D eigenvalue weighted by Crippen LogP contribution is -2.40. The van der Waals surface area contributed by atoms with E-state index >= 15 is 0 Å². The average molecular weight is 472 g/mol. The minimum absolute atomic E-state index is 0.112. The van der Waals surface area contributed by atoms with Gasteiger partial charge in [0.05, 0.1) is 23.4 Å². The Morgan fingerprint density at radius 3 is 2.71 bits per heavy atom. The fraction of sp³-hybridized carbons (Fsp3) is 0.429. The number of carbonyl (C=O) groups excluding carboxylic acids is 3. The summed E-state index contributed by atoms with van der Waals surface area (Å²) in [5, 5.41) is 3.29. The van der Waals surface area contributed by atoms with Crippen LogP contribution in [0.4, 0.5) is 0 Å². The summed E-state index contributed by atoms with van der Waals surface area (Å²) in [5.41, 5.74) is 3.24. The predicted octanol–water partition coefficient (Wildman–Crippen LogP) is 2.99. The van der Waals surface area contributed by atoms with Crippen molar-refractivity contribution in [3.63, 3.8) is 0 Å². The van der Waals surface area contributed by atoms with Crippen LogP contribution in [0.3, 0.4) is 0 Å². The van der Waals surface area contributed by atoms with Crippen molar-refractivity contribution in [2.75, 3.05) is 26.2 Å². The first-order chi connectivity index (χ1) is 17.0. The van der Waals surface area contributed by atoms with E-state index in [9.17, 15) is 14.4 Å². The summed E-state index contributed by atoms with van der Waals surface area (Å²) in [7, 11) is 0. The first-order valence-electron chi connectivity index (χ1n) is 12.5. The molecule has 2 atom stereocenters. The molecule has 1 spiro atoms. The minimum Gasteiger partial charge on any atom is -0.449 e. The molecule has 4 aliphatic rings. The number of rotatable bonds is 5. The molecule has 1 aromatic heterocycles. The highest BCUT2D eigenvalue weighted by Crippen LogP contribution is 2.52. The molecule has 0 bridgehead atoms. The Balaban J connectivity index is 1.22. The molecule has 1 saturated carbocycles. The molecule has 7 nitrogen and oxygen atoms in total. The maximum atomic E-state index is 13.7. The Kier molecular flexibility index (Phi) is 5.14. The van der Waals surface area contributed by atoms with E-state index in [-0.39, 0.29) is 23.6 Å². The number of hydrogen-bond acceptors (Lipinski definition) is 6. The van der Waals surface area contributed by atoms with Crippen LogP contribution in [0.2, 0.25) is 0 Å². The standard InChI is InChI=1S/C28H29N3O4/c1-2-24(32)21-15-29-12-7-20(21)18-3-5-19(6-4-18)27(9-10-27)26(34)31-14-11-28(17-31)23-8-13-30-16-22(23)25(33)35-28/h3-8,13,16,21,29H,2,9-12,14-15,17H2,1H3/t21?,28-/m0/s1. The lowest BCUT2D eigenvalue weighted by molar-refractivity contribution is -0.134. The molecule has 2 fully saturated rings. The number of pyridine rings is 1. The molecular weight excluding hydrogens is 442 g/mol. The van der Waals surface area contributed by atoms with Gasteiger partial charge in [-0.05, 0) is 35.6 Å². The predicted molar refractivity (Wildman–Crippen MR) is 130 cm³/mol. The van der Waals surface area contributed by atoms with Crippen LogP contribution in [0.5, 0.6) is 0 Å². The third kappa shape index (κ3) is 3.44. The van der Waals surface area contributed by atoms with Gasteiger partial charge in [-0.2, -0.15) is 0 Å². The Bertz CT molecular complexity index is 1250. The van der Waals surface area contributed by atoms with Crippen molar-refractivity contribution >= 4 is 23.2 Å². The summed E-state index contributed by atoms with van der Waals surface area (Å²) in [6.07, 6.45) is 8.09. The third-order valence-electron chi connectivity index (χ3n) is 8.20. The summed E-state index contributed by atoms with van der Waals surface area (Å²) in [4.78, 5) is 44.5. The van der Waals surface area contributed by atoms with E-state index in [2.05, 4.69) is 40.6 Å². The Morgan fingerprint density at radius 2 is 1.97 bits per heavy atom. The number of Topliss-reactive ketones (excluding diaryl/α,β-unsaturated/α-hetero) is 1. The molecule has 1 unspecified atom stereocenters. The van der Waals surface area contributed by atoms with Crippen molar-refractivity contribution < 1.29 is 19.1 Å². The molecule has 2 aromatic rings. The second-order valence-corrected chi connectivity index (χ2v) is 10.1. The SMILES string of the molecule is CCC(=O)C1CNCC=C1c1ccc(C2(C(=O)N3CC[C@@]4(C3)OC(=O)c3cnccc34)CC2)cc1. The number of ketones is 1. The van der Waals surface area contributed by atoms with Gasteiger partial charge in [-0.15, -0.1) is 0 Å². The van der Waals surface area contributed by atoms with Gasteiger partial charge in [-0.3, -0.25) is 14.6 Å². The van der Waals surface area contributed by atoms with Crippen LogP contribution in [0, 0.1) is 5.92 Å². The summed E-state index contributed by atoms with van der Waals surface area (Å²) in [6.45, 7) is 4.28. The van der Waals surface area contributed by atoms with Gasteiger partial charge in [0.15, 0.2) is 5.60 Å². The summed E-state index contributed by atoms with van der Waals surface area (Å²) in [6, 6.07) is 10.1. The fourth-order valence-electron chi connectivity index (χ4n) is 6.05. The highest BCUT2D eigenvalue weighted by atomic mass is 16.6. The number of hydrogen-bond donors (Lipinski definition) is 1. The maximum Gasteiger partial charge on any atom is 0.341 e. The number of ether oxygens (including phenoxy) is 1. The molecule has 0 radical (unpaired) electrons. The zero-order valence-corrected chi connectivity index (χ0v) is 19.9. The van der Waals surface area contributed by atoms with Gasteiger partial charge in [0.1, 0.15) is 5.78 Å². The average Bonchev–Trinajstić information content (AvgIpc) is 3.54. The molecule has 180 valence electrons. The summed E-state index contributed by atoms with van der Waals surface area (Å²) in [5.74, 6) is -0.120. The zero-order valence-electron chi connectivity index (χ0n) is 19.9. The Morgan fingerprint density at radius 1 is 1.17 bits per heavy atom. The molecule has 1 aliphatic carbocycles. The smallest absolute Gasteiger partial charge is 0.341 e. The van der Waals surface area contributed by atoms with Gasteiger partial charge in [0.2, 0.25) is 5.91 Å². The van der Waals surface area contributed by atoms with Crippen molar-refractivity contribution in [2.45, 2.75) is 43.6 Å². The zero-order chi connectivity index (χ0) is 24.2. The number of benzene rings is 1. The second kappa shape index (κ2) is 8.12. The van der Waals surface area contributed by atoms with Gasteiger partial charge in [-0.1, -0.05) is 37.3 Å². The molecule has 4 heterocycles. The van der Waals surface area contributed by atoms with Gasteiger partial charge < -0.3 is 15.0 Å². The van der Waals surface area contributed by atoms with E-state index in [1.54, 1.807) is 12.4 Å². The molecule has 3 aliphatic heterocycles. The van der Waals surface area contributed by atoms with Crippen LogP contribution in [-0.4, -0.2) is 53.7 Å². The lowest BCUT2D eigenvalue weighted by atomic mass is 9.84. The van der Waals surface area contributed by atoms with E-state index in [0.717, 1.165) is 41.6 Å². The number of nitrogens with one attached hydrogen (secondary N) is 1. The Hall–Kier alpha value is -3.32. The molecule has 1 aromatic carbocycles. The number of esters is 1. The normalized spacial score (nSPS) is 26.3. The van der Waals surface area contributed by atoms with E-state index in [1.165, 1.54) is 0 Å². The van der Waals surface area contributed by atoms with Crippen LogP contribution < -0.4 is 5.32 Å². The molecule has 1 N–H and O–H groups in total. The van der Waals surface area contributed by atoms with Gasteiger partial charge in [-0.25, -0.2) is 4.79 Å². The quantitative estimate of drug-likeness (QED) is 0.675. The van der Waals surface area contributed by atoms with Crippen LogP contribution >= 0.6 is 0 Å². The molecule has 1 saturated heterocycles. The summed E-state index contributed by atoms with van der Waals surface area (Å²) < 4.78 is 5.81. The molecular formula is C28H29N3O4. The molecule has 1 amide bonds. The van der Waals surface area contributed by atoms with E-state index in [4.69, 9.17) is 4.74 Å². The van der Waals surface area contributed by atoms with Crippen molar-refractivity contribution in [3.05, 3.63) is 71.1 Å². The van der Waals surface area contributed by atoms with Gasteiger partial charge in [0.25, 0.3) is 0 Å². The van der Waals surface area contributed by atoms with Crippen LogP contribution in [0.25, 0.3) is 5.57 Å². The van der Waals surface area contributed by atoms with Crippen molar-refractivity contribution in [2.24, 2.45) is 5.92 Å². The maximum absolute atomic E-state index is 13.7. The van der Waals surface area contributed by atoms with E-state index in [0.29, 0.717) is 38.0 Å². The second-order valence-electron chi connectivity index (χ2n) is 10.1. The topological polar surface area (TPSA) is 88.6 Å². The first-order valence-corrected chi connectivity index (χ1v) is 12.5. The van der Waals surface area contributed by atoms with Crippen molar-refractivity contribution in [3.8, 4) is 0 Å². The lowest BCUT2D eigenvalue weighted by Gasteiger charge is -2.27. The Labute approximate surface area is 204 Å². The number of nitrogens with zero attached hydrogens (tertiary/aromatic N) is 2. The first kappa shape index (κ1) is 22.2. The largest absolute Gasteiger partial charge is 0.449 e. The van der Waals surface area contributed by atoms with E-state index in [1.807, 2.05) is 17.9 Å². The van der Waals surface area contributed by atoms with Gasteiger partial charge >= 0.3 is 5.97 Å². The molecule has 35 heavy (non-hydrogen) atoms. The van der Waals surface area contributed by atoms with E-state index < -0.39 is 11.0 Å². The minimum atomic E-state index is -0.757. The molecule has 6 rings (SSSR count). The van der Waals surface area contributed by atoms with Crippen molar-refractivity contribution in [1.82, 2.24) is 15.2 Å². The molecule has 7 heteroatoms. The van der Waals surface area contributed by atoms with Crippen LogP contribution in [-0.2, 0) is 25.3 Å². The fourth-order valence-corrected chi connectivity index (χ4v) is 6.05. The van der Waals surface area contributed by atoms with Gasteiger partial charge in [0, 0.05) is 50.4 Å². The highest BCUT2D eigenvalue weighted by Gasteiger charge is 2.57. The highest BCUT2D eigenvalue weighted by molar-refractivity contribution is 5.96. The number of carbonyl (C=O) groups is 3.